The fourth-order valence-corrected chi connectivity index (χ4v) is 2.11. The summed E-state index contributed by atoms with van der Waals surface area (Å²) in [5.41, 5.74) is 1.51. The molecule has 2 aromatic rings. The summed E-state index contributed by atoms with van der Waals surface area (Å²) in [6.45, 7) is 6.72. The van der Waals surface area contributed by atoms with Gasteiger partial charge in [0, 0.05) is 18.5 Å². The Hall–Kier alpha value is -1.16. The first-order chi connectivity index (χ1) is 6.07. The fraction of sp³-hybridized carbons (Fsp3) is 0.333. The summed E-state index contributed by atoms with van der Waals surface area (Å²) < 4.78 is 5.62. The molecule has 0 aliphatic heterocycles. The van der Waals surface area contributed by atoms with Crippen LogP contribution in [0.3, 0.4) is 0 Å². The highest BCUT2D eigenvalue weighted by Crippen LogP contribution is 2.11. The van der Waals surface area contributed by atoms with Gasteiger partial charge in [0.05, 0.1) is 5.38 Å². The minimum Gasteiger partial charge on any atom is -0.447 e. The monoisotopic (exact) mass is 192 g/mol. The van der Waals surface area contributed by atoms with Crippen LogP contribution in [-0.4, -0.2) is 18.0 Å². The number of furan rings is 1. The highest BCUT2D eigenvalue weighted by molar-refractivity contribution is 6.87. The summed E-state index contributed by atoms with van der Waals surface area (Å²) in [6.07, 6.45) is 3.34. The molecule has 0 saturated heterocycles. The molecule has 0 bridgehead atoms. The molecule has 3 nitrogen and oxygen atoms in total. The average Bonchev–Trinajstić information content (AvgIpc) is 2.45. The predicted octanol–water partition coefficient (Wildman–Crippen LogP) is 1.77. The van der Waals surface area contributed by atoms with E-state index in [1.807, 2.05) is 6.07 Å². The van der Waals surface area contributed by atoms with Gasteiger partial charge in [0.1, 0.15) is 13.6 Å². The van der Waals surface area contributed by atoms with Gasteiger partial charge in [0.25, 0.3) is 0 Å². The third-order valence-electron chi connectivity index (χ3n) is 1.90. The third-order valence-corrected chi connectivity index (χ3v) is 3.63. The lowest BCUT2D eigenvalue weighted by Crippen LogP contribution is -2.36. The minimum absolute atomic E-state index is 0.653. The zero-order chi connectivity index (χ0) is 9.47. The molecule has 13 heavy (non-hydrogen) atoms. The molecule has 0 fully saturated rings. The van der Waals surface area contributed by atoms with Crippen LogP contribution in [-0.2, 0) is 0 Å². The van der Waals surface area contributed by atoms with E-state index in [0.717, 1.165) is 10.9 Å². The number of fused-ring (bicyclic) bond motifs is 1. The lowest BCUT2D eigenvalue weighted by Gasteiger charge is -2.09. The summed E-state index contributed by atoms with van der Waals surface area (Å²) >= 11 is 0. The van der Waals surface area contributed by atoms with Crippen molar-refractivity contribution in [1.82, 2.24) is 9.97 Å². The summed E-state index contributed by atoms with van der Waals surface area (Å²) in [6, 6.07) is 2.01. The van der Waals surface area contributed by atoms with Crippen LogP contribution in [0.1, 0.15) is 0 Å². The van der Waals surface area contributed by atoms with Crippen LogP contribution in [0.2, 0.25) is 19.6 Å². The molecule has 0 unspecified atom stereocenters. The van der Waals surface area contributed by atoms with Gasteiger partial charge in [-0.3, -0.25) is 0 Å². The van der Waals surface area contributed by atoms with E-state index in [-0.39, 0.29) is 0 Å². The topological polar surface area (TPSA) is 38.9 Å². The molecule has 0 radical (unpaired) electrons. The molecule has 0 amide bonds. The van der Waals surface area contributed by atoms with E-state index in [0.29, 0.717) is 5.71 Å². The van der Waals surface area contributed by atoms with Crippen molar-refractivity contribution in [2.24, 2.45) is 0 Å². The molecule has 2 heterocycles. The molecule has 0 spiro atoms. The van der Waals surface area contributed by atoms with Crippen LogP contribution in [0.5, 0.6) is 0 Å². The minimum atomic E-state index is -1.36. The molecule has 0 atom stereocenters. The Bertz CT molecular complexity index is 397. The number of aromatic nitrogens is 2. The van der Waals surface area contributed by atoms with Crippen molar-refractivity contribution in [3.63, 3.8) is 0 Å². The quantitative estimate of drug-likeness (QED) is 0.646. The van der Waals surface area contributed by atoms with Gasteiger partial charge in [-0.15, -0.1) is 0 Å². The van der Waals surface area contributed by atoms with Gasteiger partial charge in [-0.25, -0.2) is 9.97 Å². The maximum absolute atomic E-state index is 5.62. The van der Waals surface area contributed by atoms with E-state index in [1.165, 1.54) is 0 Å². The first kappa shape index (κ1) is 8.44. The Balaban J connectivity index is 2.63. The molecule has 68 valence electrons. The van der Waals surface area contributed by atoms with Gasteiger partial charge in [-0.2, -0.15) is 0 Å². The number of nitrogens with zero attached hydrogens (tertiary/aromatic N) is 2. The third kappa shape index (κ3) is 1.49. The molecular formula is C9H12N2OSi. The molecule has 0 saturated carbocycles. The van der Waals surface area contributed by atoms with Gasteiger partial charge in [-0.1, -0.05) is 19.6 Å². The molecular weight excluding hydrogens is 180 g/mol. The summed E-state index contributed by atoms with van der Waals surface area (Å²) in [5, 5.41) is 1.06. The van der Waals surface area contributed by atoms with Gasteiger partial charge in [-0.05, 0) is 0 Å². The molecule has 0 N–H and O–H groups in total. The normalized spacial score (nSPS) is 12.2. The van der Waals surface area contributed by atoms with Crippen molar-refractivity contribution >= 4 is 24.7 Å². The first-order valence-electron chi connectivity index (χ1n) is 4.28. The van der Waals surface area contributed by atoms with Crippen molar-refractivity contribution in [2.45, 2.75) is 19.6 Å². The van der Waals surface area contributed by atoms with E-state index < -0.39 is 8.07 Å². The first-order valence-corrected chi connectivity index (χ1v) is 7.78. The molecule has 4 heteroatoms. The van der Waals surface area contributed by atoms with Crippen LogP contribution >= 0.6 is 0 Å². The maximum atomic E-state index is 5.62. The van der Waals surface area contributed by atoms with Gasteiger partial charge >= 0.3 is 0 Å². The second-order valence-electron chi connectivity index (χ2n) is 4.11. The lowest BCUT2D eigenvalue weighted by molar-refractivity contribution is 0.633. The van der Waals surface area contributed by atoms with Crippen molar-refractivity contribution < 1.29 is 4.42 Å². The Morgan fingerprint density at radius 2 is 1.85 bits per heavy atom. The molecule has 2 aromatic heterocycles. The van der Waals surface area contributed by atoms with Crippen LogP contribution in [0.15, 0.2) is 22.9 Å². The number of hydrogen-bond donors (Lipinski definition) is 0. The Morgan fingerprint density at radius 3 is 2.46 bits per heavy atom. The summed E-state index contributed by atoms with van der Waals surface area (Å²) in [7, 11) is -1.36. The van der Waals surface area contributed by atoms with Crippen LogP contribution in [0.25, 0.3) is 11.2 Å². The zero-order valence-electron chi connectivity index (χ0n) is 8.03. The van der Waals surface area contributed by atoms with Crippen molar-refractivity contribution in [2.75, 3.05) is 0 Å². The second kappa shape index (κ2) is 2.66. The van der Waals surface area contributed by atoms with E-state index in [2.05, 4.69) is 29.6 Å². The highest BCUT2D eigenvalue weighted by atomic mass is 28.3. The standard InChI is InChI=1S/C9H12N2OSi/c1-13(2,3)8-6-7-9(12-8)11-5-4-10-7/h4-6H,1-3H3. The predicted molar refractivity (Wildman–Crippen MR) is 54.8 cm³/mol. The Labute approximate surface area is 77.8 Å². The van der Waals surface area contributed by atoms with E-state index in [1.54, 1.807) is 12.4 Å². The Morgan fingerprint density at radius 1 is 1.15 bits per heavy atom. The molecule has 0 aliphatic carbocycles. The zero-order valence-corrected chi connectivity index (χ0v) is 9.03. The molecule has 0 aromatic carbocycles. The van der Waals surface area contributed by atoms with Gasteiger partial charge < -0.3 is 4.42 Å². The number of hydrogen-bond acceptors (Lipinski definition) is 3. The van der Waals surface area contributed by atoms with E-state index >= 15 is 0 Å². The van der Waals surface area contributed by atoms with Crippen LogP contribution < -0.4 is 5.38 Å². The van der Waals surface area contributed by atoms with Crippen LogP contribution in [0.4, 0.5) is 0 Å². The van der Waals surface area contributed by atoms with Crippen molar-refractivity contribution in [3.05, 3.63) is 18.5 Å². The number of rotatable bonds is 1. The Kier molecular flexibility index (Phi) is 1.73. The van der Waals surface area contributed by atoms with Crippen molar-refractivity contribution in [3.8, 4) is 0 Å². The van der Waals surface area contributed by atoms with Gasteiger partial charge in [0.15, 0.2) is 0 Å². The highest BCUT2D eigenvalue weighted by Gasteiger charge is 2.21. The summed E-state index contributed by atoms with van der Waals surface area (Å²) in [5.74, 6) is 0. The van der Waals surface area contributed by atoms with E-state index in [9.17, 15) is 0 Å². The SMILES string of the molecule is C[Si](C)(C)c1cc2nccnc2o1. The van der Waals surface area contributed by atoms with E-state index in [4.69, 9.17) is 4.42 Å². The average molecular weight is 192 g/mol. The molecule has 2 rings (SSSR count). The summed E-state index contributed by atoms with van der Waals surface area (Å²) in [4.78, 5) is 8.29. The van der Waals surface area contributed by atoms with Crippen molar-refractivity contribution in [1.29, 1.82) is 0 Å². The van der Waals surface area contributed by atoms with Gasteiger partial charge in [0.2, 0.25) is 5.71 Å². The second-order valence-corrected chi connectivity index (χ2v) is 9.10. The largest absolute Gasteiger partial charge is 0.447 e. The van der Waals surface area contributed by atoms with Crippen LogP contribution in [0, 0.1) is 0 Å². The smallest absolute Gasteiger partial charge is 0.244 e. The lowest BCUT2D eigenvalue weighted by atomic mass is 10.5. The fourth-order valence-electron chi connectivity index (χ4n) is 1.14. The molecule has 0 aliphatic rings. The maximum Gasteiger partial charge on any atom is 0.244 e.